The Morgan fingerprint density at radius 2 is 1.80 bits per heavy atom. The zero-order chi connectivity index (χ0) is 24.9. The molecule has 0 saturated heterocycles. The van der Waals surface area contributed by atoms with Crippen LogP contribution in [0.2, 0.25) is 0 Å². The molecule has 0 fully saturated rings. The number of hydrogen-bond donors (Lipinski definition) is 3. The quantitative estimate of drug-likeness (QED) is 0.290. The third-order valence-electron chi connectivity index (χ3n) is 6.05. The Balaban J connectivity index is 1.40. The number of carbonyl (C=O) groups excluding carboxylic acids is 1. The molecule has 4 rings (SSSR count). The number of fused-ring (bicyclic) bond motifs is 1. The molecule has 6 nitrogen and oxygen atoms in total. The molecule has 4 aromatic rings. The van der Waals surface area contributed by atoms with E-state index in [9.17, 15) is 14.0 Å². The predicted octanol–water partition coefficient (Wildman–Crippen LogP) is 5.71. The van der Waals surface area contributed by atoms with Gasteiger partial charge in [-0.25, -0.2) is 4.39 Å². The maximum atomic E-state index is 13.6. The third-order valence-corrected chi connectivity index (χ3v) is 6.05. The molecule has 0 spiro atoms. The molecule has 3 N–H and O–H groups in total. The number of nitrogens with one attached hydrogen (secondary N) is 2. The van der Waals surface area contributed by atoms with Gasteiger partial charge in [-0.05, 0) is 85.3 Å². The maximum absolute atomic E-state index is 13.6. The number of para-hydroxylation sites is 1. The molecule has 1 aromatic heterocycles. The molecule has 0 saturated carbocycles. The summed E-state index contributed by atoms with van der Waals surface area (Å²) in [5, 5.41) is 12.5. The van der Waals surface area contributed by atoms with Crippen molar-refractivity contribution in [1.82, 2.24) is 10.3 Å². The van der Waals surface area contributed by atoms with Crippen molar-refractivity contribution >= 4 is 22.8 Å². The van der Waals surface area contributed by atoms with Gasteiger partial charge >= 0.3 is 5.97 Å². The number of H-pyrrole nitrogens is 1. The van der Waals surface area contributed by atoms with Crippen molar-refractivity contribution in [3.8, 4) is 11.5 Å². The molecule has 7 heteroatoms. The lowest BCUT2D eigenvalue weighted by Gasteiger charge is -2.13. The van der Waals surface area contributed by atoms with Gasteiger partial charge in [0.15, 0.2) is 0 Å². The van der Waals surface area contributed by atoms with Crippen molar-refractivity contribution in [3.05, 3.63) is 94.4 Å². The van der Waals surface area contributed by atoms with Gasteiger partial charge in [0.05, 0.1) is 0 Å². The molecule has 1 amide bonds. The van der Waals surface area contributed by atoms with Crippen LogP contribution in [-0.4, -0.2) is 28.5 Å². The van der Waals surface area contributed by atoms with Gasteiger partial charge in [-0.1, -0.05) is 24.3 Å². The van der Waals surface area contributed by atoms with Crippen LogP contribution in [0.1, 0.15) is 39.2 Å². The molecule has 0 aliphatic carbocycles. The van der Waals surface area contributed by atoms with Crippen molar-refractivity contribution < 1.29 is 23.8 Å². The first-order valence-corrected chi connectivity index (χ1v) is 11.4. The summed E-state index contributed by atoms with van der Waals surface area (Å²) in [5.41, 5.74) is 4.75. The number of aromatic nitrogens is 1. The van der Waals surface area contributed by atoms with Gasteiger partial charge in [-0.3, -0.25) is 9.59 Å². The van der Waals surface area contributed by atoms with E-state index in [0.29, 0.717) is 47.5 Å². The van der Waals surface area contributed by atoms with E-state index < -0.39 is 5.97 Å². The molecule has 0 aliphatic rings. The van der Waals surface area contributed by atoms with E-state index in [1.807, 2.05) is 49.4 Å². The molecule has 0 bridgehead atoms. The van der Waals surface area contributed by atoms with E-state index >= 15 is 0 Å². The first-order chi connectivity index (χ1) is 16.8. The Hall–Kier alpha value is -4.13. The number of carboxylic acids is 1. The van der Waals surface area contributed by atoms with Gasteiger partial charge in [-0.2, -0.15) is 0 Å². The van der Waals surface area contributed by atoms with Crippen LogP contribution in [0, 0.1) is 19.7 Å². The van der Waals surface area contributed by atoms with E-state index in [1.54, 1.807) is 13.0 Å². The molecular weight excluding hydrogens is 447 g/mol. The molecule has 1 heterocycles. The van der Waals surface area contributed by atoms with Crippen LogP contribution >= 0.6 is 0 Å². The molecule has 180 valence electrons. The number of benzene rings is 3. The van der Waals surface area contributed by atoms with Crippen LogP contribution < -0.4 is 10.1 Å². The Labute approximate surface area is 202 Å². The SMILES string of the molecule is Cc1cc(Oc2ccccc2CCNC(=O)c2[nH]c3ccc(F)cc3c2C)ccc1CCC(=O)O. The fourth-order valence-corrected chi connectivity index (χ4v) is 4.12. The Morgan fingerprint density at radius 1 is 1.00 bits per heavy atom. The molecule has 0 unspecified atom stereocenters. The lowest BCUT2D eigenvalue weighted by atomic mass is 10.0. The number of aliphatic carboxylic acids is 1. The van der Waals surface area contributed by atoms with Gasteiger partial charge in [0, 0.05) is 23.9 Å². The van der Waals surface area contributed by atoms with Crippen LogP contribution in [0.25, 0.3) is 10.9 Å². The van der Waals surface area contributed by atoms with Gasteiger partial charge in [0.2, 0.25) is 0 Å². The lowest BCUT2D eigenvalue weighted by molar-refractivity contribution is -0.136. The summed E-state index contributed by atoms with van der Waals surface area (Å²) in [5.74, 6) is -0.0478. The molecule has 3 aromatic carbocycles. The average molecular weight is 475 g/mol. The maximum Gasteiger partial charge on any atom is 0.303 e. The van der Waals surface area contributed by atoms with E-state index in [4.69, 9.17) is 9.84 Å². The van der Waals surface area contributed by atoms with Crippen LogP contribution in [-0.2, 0) is 17.6 Å². The third kappa shape index (κ3) is 5.69. The van der Waals surface area contributed by atoms with Crippen molar-refractivity contribution in [1.29, 1.82) is 0 Å². The summed E-state index contributed by atoms with van der Waals surface area (Å²) in [6.45, 7) is 4.13. The van der Waals surface area contributed by atoms with E-state index in [0.717, 1.165) is 22.2 Å². The first-order valence-electron chi connectivity index (χ1n) is 11.4. The minimum absolute atomic E-state index is 0.0878. The Bertz CT molecular complexity index is 1390. The fraction of sp³-hybridized carbons (Fsp3) is 0.214. The van der Waals surface area contributed by atoms with E-state index in [1.165, 1.54) is 12.1 Å². The number of aromatic amines is 1. The Kier molecular flexibility index (Phi) is 7.15. The number of aryl methyl sites for hydroxylation is 3. The highest BCUT2D eigenvalue weighted by atomic mass is 19.1. The smallest absolute Gasteiger partial charge is 0.303 e. The second-order valence-electron chi connectivity index (χ2n) is 8.51. The number of carboxylic acid groups (broad SMARTS) is 1. The average Bonchev–Trinajstić information content (AvgIpc) is 3.15. The fourth-order valence-electron chi connectivity index (χ4n) is 4.12. The number of carbonyl (C=O) groups is 2. The second kappa shape index (κ2) is 10.4. The predicted molar refractivity (Wildman–Crippen MR) is 133 cm³/mol. The Morgan fingerprint density at radius 3 is 2.57 bits per heavy atom. The first kappa shape index (κ1) is 24.0. The number of rotatable bonds is 9. The molecule has 0 atom stereocenters. The lowest BCUT2D eigenvalue weighted by Crippen LogP contribution is -2.26. The standard InChI is InChI=1S/C28H27FN2O4/c1-17-15-22(10-7-19(17)8-12-26(32)33)35-25-6-4-3-5-20(25)13-14-30-28(34)27-18(2)23-16-21(29)9-11-24(23)31-27/h3-7,9-11,15-16,31H,8,12-14H2,1-2H3,(H,30,34)(H,32,33). The number of ether oxygens (including phenoxy) is 1. The number of hydrogen-bond acceptors (Lipinski definition) is 3. The summed E-state index contributed by atoms with van der Waals surface area (Å²) in [6, 6.07) is 17.7. The number of halogens is 1. The summed E-state index contributed by atoms with van der Waals surface area (Å²) < 4.78 is 19.7. The van der Waals surface area contributed by atoms with Crippen molar-refractivity contribution in [2.24, 2.45) is 0 Å². The van der Waals surface area contributed by atoms with Gasteiger partial charge in [0.1, 0.15) is 23.0 Å². The van der Waals surface area contributed by atoms with Gasteiger partial charge < -0.3 is 20.1 Å². The van der Waals surface area contributed by atoms with Crippen LogP contribution in [0.3, 0.4) is 0 Å². The number of amides is 1. The normalized spacial score (nSPS) is 10.9. The largest absolute Gasteiger partial charge is 0.481 e. The van der Waals surface area contributed by atoms with Crippen molar-refractivity contribution in [3.63, 3.8) is 0 Å². The van der Waals surface area contributed by atoms with Gasteiger partial charge in [-0.15, -0.1) is 0 Å². The molecule has 35 heavy (non-hydrogen) atoms. The summed E-state index contributed by atoms with van der Waals surface area (Å²) in [4.78, 5) is 26.7. The van der Waals surface area contributed by atoms with Gasteiger partial charge in [0.25, 0.3) is 5.91 Å². The highest BCUT2D eigenvalue weighted by molar-refractivity contribution is 6.00. The van der Waals surface area contributed by atoms with Crippen molar-refractivity contribution in [2.45, 2.75) is 33.1 Å². The molecule has 0 aliphatic heterocycles. The second-order valence-corrected chi connectivity index (χ2v) is 8.51. The monoisotopic (exact) mass is 474 g/mol. The highest BCUT2D eigenvalue weighted by Gasteiger charge is 2.15. The highest BCUT2D eigenvalue weighted by Crippen LogP contribution is 2.28. The van der Waals surface area contributed by atoms with E-state index in [-0.39, 0.29) is 18.1 Å². The van der Waals surface area contributed by atoms with Crippen LogP contribution in [0.15, 0.2) is 60.7 Å². The van der Waals surface area contributed by atoms with Crippen LogP contribution in [0.5, 0.6) is 11.5 Å². The minimum atomic E-state index is -0.820. The summed E-state index contributed by atoms with van der Waals surface area (Å²) >= 11 is 0. The van der Waals surface area contributed by atoms with E-state index in [2.05, 4.69) is 10.3 Å². The van der Waals surface area contributed by atoms with Crippen molar-refractivity contribution in [2.75, 3.05) is 6.54 Å². The molecular formula is C28H27FN2O4. The summed E-state index contributed by atoms with van der Waals surface area (Å²) in [7, 11) is 0. The molecule has 0 radical (unpaired) electrons. The topological polar surface area (TPSA) is 91.4 Å². The zero-order valence-corrected chi connectivity index (χ0v) is 19.7. The minimum Gasteiger partial charge on any atom is -0.481 e. The van der Waals surface area contributed by atoms with Crippen LogP contribution in [0.4, 0.5) is 4.39 Å². The summed E-state index contributed by atoms with van der Waals surface area (Å²) in [6.07, 6.45) is 1.12. The zero-order valence-electron chi connectivity index (χ0n) is 19.7.